The molecule has 1 heterocycles. The molecule has 1 aliphatic heterocycles. The Morgan fingerprint density at radius 3 is 2.74 bits per heavy atom. The quantitative estimate of drug-likeness (QED) is 0.884. The van der Waals surface area contributed by atoms with Crippen LogP contribution in [0, 0.1) is 0 Å². The van der Waals surface area contributed by atoms with Crippen LogP contribution in [0.25, 0.3) is 0 Å². The number of likely N-dealkylation sites (N-methyl/N-ethyl adjacent to an activating group) is 1. The van der Waals surface area contributed by atoms with Crippen LogP contribution >= 0.6 is 0 Å². The van der Waals surface area contributed by atoms with E-state index in [9.17, 15) is 4.79 Å². The summed E-state index contributed by atoms with van der Waals surface area (Å²) in [5.41, 5.74) is 0.613. The monoisotopic (exact) mass is 263 g/mol. The lowest BCUT2D eigenvalue weighted by Crippen LogP contribution is -2.51. The van der Waals surface area contributed by atoms with Crippen LogP contribution in [0.3, 0.4) is 0 Å². The van der Waals surface area contributed by atoms with Gasteiger partial charge in [0.25, 0.3) is 0 Å². The molecule has 1 aromatic rings. The molecule has 0 amide bonds. The van der Waals surface area contributed by atoms with Gasteiger partial charge in [0.05, 0.1) is 6.42 Å². The van der Waals surface area contributed by atoms with Crippen LogP contribution in [0.2, 0.25) is 0 Å². The lowest BCUT2D eigenvalue weighted by atomic mass is 9.81. The van der Waals surface area contributed by atoms with Crippen LogP contribution in [0.4, 0.5) is 0 Å². The zero-order valence-electron chi connectivity index (χ0n) is 11.7. The fourth-order valence-corrected chi connectivity index (χ4v) is 2.38. The van der Waals surface area contributed by atoms with Crippen LogP contribution < -0.4 is 4.74 Å². The molecule has 0 unspecified atom stereocenters. The van der Waals surface area contributed by atoms with Gasteiger partial charge in [0, 0.05) is 18.5 Å². The number of carboxylic acids is 1. The molecule has 0 aromatic heterocycles. The summed E-state index contributed by atoms with van der Waals surface area (Å²) in [6.45, 7) is 5.78. The Labute approximate surface area is 114 Å². The highest BCUT2D eigenvalue weighted by atomic mass is 16.5. The molecule has 1 fully saturated rings. The van der Waals surface area contributed by atoms with Gasteiger partial charge in [0.1, 0.15) is 11.9 Å². The number of benzene rings is 1. The molecule has 1 aromatic carbocycles. The largest absolute Gasteiger partial charge is 0.488 e. The Morgan fingerprint density at radius 1 is 1.47 bits per heavy atom. The lowest BCUT2D eigenvalue weighted by Gasteiger charge is -2.36. The summed E-state index contributed by atoms with van der Waals surface area (Å²) in [5, 5.41) is 8.96. The average Bonchev–Trinajstić information content (AvgIpc) is 2.26. The van der Waals surface area contributed by atoms with Gasteiger partial charge in [-0.2, -0.15) is 0 Å². The van der Waals surface area contributed by atoms with Gasteiger partial charge >= 0.3 is 5.97 Å². The fourth-order valence-electron chi connectivity index (χ4n) is 2.38. The molecule has 0 spiro atoms. The van der Waals surface area contributed by atoms with Crippen molar-refractivity contribution in [3.05, 3.63) is 29.8 Å². The maximum absolute atomic E-state index is 10.9. The Bertz CT molecular complexity index is 464. The van der Waals surface area contributed by atoms with Gasteiger partial charge < -0.3 is 9.84 Å². The van der Waals surface area contributed by atoms with Crippen molar-refractivity contribution < 1.29 is 14.6 Å². The van der Waals surface area contributed by atoms with Crippen molar-refractivity contribution in [3.8, 4) is 5.75 Å². The molecule has 4 heteroatoms. The zero-order chi connectivity index (χ0) is 14.0. The first-order valence-electron chi connectivity index (χ1n) is 6.54. The topological polar surface area (TPSA) is 49.8 Å². The number of hydrogen-bond donors (Lipinski definition) is 1. The van der Waals surface area contributed by atoms with Crippen molar-refractivity contribution in [1.82, 2.24) is 4.90 Å². The van der Waals surface area contributed by atoms with Crippen molar-refractivity contribution in [3.63, 3.8) is 0 Å². The number of likely N-dealkylation sites (tertiary alicyclic amines) is 1. The molecule has 0 saturated carbocycles. The minimum atomic E-state index is -0.781. The van der Waals surface area contributed by atoms with E-state index in [2.05, 4.69) is 11.9 Å². The minimum Gasteiger partial charge on any atom is -0.488 e. The van der Waals surface area contributed by atoms with Crippen LogP contribution in [0.5, 0.6) is 5.75 Å². The second-order valence-corrected chi connectivity index (χ2v) is 5.94. The van der Waals surface area contributed by atoms with E-state index in [0.717, 1.165) is 24.4 Å². The van der Waals surface area contributed by atoms with Crippen molar-refractivity contribution in [2.24, 2.45) is 0 Å². The van der Waals surface area contributed by atoms with E-state index in [-0.39, 0.29) is 17.9 Å². The molecule has 104 valence electrons. The molecule has 1 N–H and O–H groups in total. The number of carboxylic acid groups (broad SMARTS) is 1. The van der Waals surface area contributed by atoms with Crippen molar-refractivity contribution in [2.45, 2.75) is 31.8 Å². The number of carbonyl (C=O) groups is 1. The Morgan fingerprint density at radius 2 is 2.16 bits per heavy atom. The van der Waals surface area contributed by atoms with E-state index in [1.54, 1.807) is 0 Å². The normalized spacial score (nSPS) is 17.0. The number of ether oxygens (including phenoxy) is 1. The summed E-state index contributed by atoms with van der Waals surface area (Å²) in [6, 6.07) is 7.78. The van der Waals surface area contributed by atoms with Crippen LogP contribution in [-0.4, -0.2) is 42.2 Å². The zero-order valence-corrected chi connectivity index (χ0v) is 11.7. The second-order valence-electron chi connectivity index (χ2n) is 5.94. The van der Waals surface area contributed by atoms with Gasteiger partial charge in [-0.05, 0) is 24.7 Å². The van der Waals surface area contributed by atoms with Gasteiger partial charge in [-0.25, -0.2) is 0 Å². The van der Waals surface area contributed by atoms with Crippen molar-refractivity contribution >= 4 is 5.97 Å². The smallest absolute Gasteiger partial charge is 0.304 e. The predicted molar refractivity (Wildman–Crippen MR) is 73.6 cm³/mol. The molecule has 1 saturated heterocycles. The predicted octanol–water partition coefficient (Wildman–Crippen LogP) is 2.13. The average molecular weight is 263 g/mol. The van der Waals surface area contributed by atoms with Crippen LogP contribution in [0.1, 0.15) is 25.8 Å². The summed E-state index contributed by atoms with van der Waals surface area (Å²) in [6.07, 6.45) is 0.366. The number of hydrogen-bond acceptors (Lipinski definition) is 3. The van der Waals surface area contributed by atoms with Gasteiger partial charge in [0.2, 0.25) is 0 Å². The van der Waals surface area contributed by atoms with E-state index in [0.29, 0.717) is 0 Å². The first kappa shape index (κ1) is 13.9. The van der Waals surface area contributed by atoms with E-state index >= 15 is 0 Å². The van der Waals surface area contributed by atoms with Gasteiger partial charge in [-0.1, -0.05) is 26.0 Å². The third-order valence-corrected chi connectivity index (χ3v) is 3.54. The highest BCUT2D eigenvalue weighted by Crippen LogP contribution is 2.30. The number of aliphatic carboxylic acids is 1. The Hall–Kier alpha value is -1.55. The Kier molecular flexibility index (Phi) is 3.80. The first-order chi connectivity index (χ1) is 8.87. The molecule has 1 aliphatic rings. The fraction of sp³-hybridized carbons (Fsp3) is 0.533. The van der Waals surface area contributed by atoms with Gasteiger partial charge in [-0.15, -0.1) is 0 Å². The summed E-state index contributed by atoms with van der Waals surface area (Å²) in [7, 11) is 2.06. The molecule has 0 bridgehead atoms. The molecule has 2 rings (SSSR count). The number of nitrogens with zero attached hydrogens (tertiary/aromatic N) is 1. The highest BCUT2D eigenvalue weighted by Gasteiger charge is 2.27. The van der Waals surface area contributed by atoms with Gasteiger partial charge in [-0.3, -0.25) is 9.69 Å². The van der Waals surface area contributed by atoms with Crippen LogP contribution in [0.15, 0.2) is 24.3 Å². The summed E-state index contributed by atoms with van der Waals surface area (Å²) in [4.78, 5) is 13.1. The minimum absolute atomic E-state index is 0.114. The van der Waals surface area contributed by atoms with E-state index in [1.807, 2.05) is 38.1 Å². The summed E-state index contributed by atoms with van der Waals surface area (Å²) >= 11 is 0. The Balaban J connectivity index is 2.08. The van der Waals surface area contributed by atoms with Gasteiger partial charge in [0.15, 0.2) is 0 Å². The molecule has 0 atom stereocenters. The molecule has 0 radical (unpaired) electrons. The van der Waals surface area contributed by atoms with Crippen molar-refractivity contribution in [1.29, 1.82) is 0 Å². The lowest BCUT2D eigenvalue weighted by molar-refractivity contribution is -0.138. The summed E-state index contributed by atoms with van der Waals surface area (Å²) < 4.78 is 5.87. The molecular weight excluding hydrogens is 242 g/mol. The summed E-state index contributed by atoms with van der Waals surface area (Å²) in [5.74, 6) is 0.0472. The standard InChI is InChI=1S/C15H21NO3/c1-15(2,8-14(17)18)11-5-4-6-12(7-11)19-13-9-16(3)10-13/h4-7,13H,8-10H2,1-3H3,(H,17,18). The van der Waals surface area contributed by atoms with E-state index in [1.165, 1.54) is 0 Å². The maximum Gasteiger partial charge on any atom is 0.304 e. The SMILES string of the molecule is CN1CC(Oc2cccc(C(C)(C)CC(=O)O)c2)C1. The molecule has 19 heavy (non-hydrogen) atoms. The first-order valence-corrected chi connectivity index (χ1v) is 6.54. The maximum atomic E-state index is 10.9. The highest BCUT2D eigenvalue weighted by molar-refractivity contribution is 5.69. The van der Waals surface area contributed by atoms with E-state index in [4.69, 9.17) is 9.84 Å². The van der Waals surface area contributed by atoms with Crippen molar-refractivity contribution in [2.75, 3.05) is 20.1 Å². The third-order valence-electron chi connectivity index (χ3n) is 3.54. The molecular formula is C15H21NO3. The molecule has 0 aliphatic carbocycles. The van der Waals surface area contributed by atoms with Crippen LogP contribution in [-0.2, 0) is 10.2 Å². The van der Waals surface area contributed by atoms with E-state index < -0.39 is 5.97 Å². The second kappa shape index (κ2) is 5.21. The number of rotatable bonds is 5. The molecule has 4 nitrogen and oxygen atoms in total. The third kappa shape index (κ3) is 3.47.